The van der Waals surface area contributed by atoms with Crippen molar-refractivity contribution in [3.05, 3.63) is 83.4 Å². The first-order valence-electron chi connectivity index (χ1n) is 10.4. The second kappa shape index (κ2) is 7.13. The number of hydrogen-bond donors (Lipinski definition) is 1. The SMILES string of the molecule is CON1c2ccc(-c3ccc(C(=O)O)cc3)cc2C(C)(C)[C@H]2COc3ccccc3[C@H]21. The fourth-order valence-corrected chi connectivity index (χ4v) is 5.03. The number of rotatable bonds is 3. The van der Waals surface area contributed by atoms with Crippen LogP contribution in [-0.2, 0) is 10.3 Å². The van der Waals surface area contributed by atoms with Crippen LogP contribution in [0.15, 0.2) is 66.7 Å². The van der Waals surface area contributed by atoms with E-state index in [-0.39, 0.29) is 22.9 Å². The van der Waals surface area contributed by atoms with Crippen LogP contribution in [-0.4, -0.2) is 24.8 Å². The first kappa shape index (κ1) is 19.6. The minimum absolute atomic E-state index is 0.0677. The third-order valence-corrected chi connectivity index (χ3v) is 6.81. The molecule has 2 aliphatic heterocycles. The van der Waals surface area contributed by atoms with Crippen molar-refractivity contribution in [3.8, 4) is 16.9 Å². The lowest BCUT2D eigenvalue weighted by atomic mass is 9.65. The molecule has 0 saturated heterocycles. The molecule has 0 bridgehead atoms. The lowest BCUT2D eigenvalue weighted by Gasteiger charge is -2.52. The van der Waals surface area contributed by atoms with Crippen LogP contribution in [0.4, 0.5) is 5.69 Å². The van der Waals surface area contributed by atoms with Gasteiger partial charge in [-0.2, -0.15) is 0 Å². The maximum Gasteiger partial charge on any atom is 0.335 e. The van der Waals surface area contributed by atoms with Gasteiger partial charge in [0.05, 0.1) is 31.0 Å². The summed E-state index contributed by atoms with van der Waals surface area (Å²) in [6.45, 7) is 5.15. The first-order chi connectivity index (χ1) is 14.9. The normalized spacial score (nSPS) is 20.8. The van der Waals surface area contributed by atoms with Gasteiger partial charge < -0.3 is 9.84 Å². The third-order valence-electron chi connectivity index (χ3n) is 6.81. The van der Waals surface area contributed by atoms with Gasteiger partial charge >= 0.3 is 5.97 Å². The van der Waals surface area contributed by atoms with Gasteiger partial charge in [0.2, 0.25) is 0 Å². The lowest BCUT2D eigenvalue weighted by molar-refractivity contribution is 0.0442. The largest absolute Gasteiger partial charge is 0.493 e. The van der Waals surface area contributed by atoms with Gasteiger partial charge in [0.1, 0.15) is 5.75 Å². The van der Waals surface area contributed by atoms with Gasteiger partial charge in [-0.15, -0.1) is 0 Å². The molecule has 0 fully saturated rings. The van der Waals surface area contributed by atoms with Crippen molar-refractivity contribution in [1.82, 2.24) is 0 Å². The zero-order chi connectivity index (χ0) is 21.8. The molecular weight excluding hydrogens is 390 g/mol. The summed E-state index contributed by atoms with van der Waals surface area (Å²) in [5, 5.41) is 11.2. The highest BCUT2D eigenvalue weighted by molar-refractivity contribution is 5.88. The Hall–Kier alpha value is -3.31. The zero-order valence-electron chi connectivity index (χ0n) is 17.8. The van der Waals surface area contributed by atoms with E-state index >= 15 is 0 Å². The van der Waals surface area contributed by atoms with Crippen molar-refractivity contribution in [3.63, 3.8) is 0 Å². The summed E-state index contributed by atoms with van der Waals surface area (Å²) in [5.41, 5.74) is 5.56. The molecule has 0 aliphatic carbocycles. The highest BCUT2D eigenvalue weighted by Gasteiger charge is 2.50. The number of benzene rings is 3. The Labute approximate surface area is 181 Å². The molecule has 2 atom stereocenters. The molecule has 5 heteroatoms. The Morgan fingerprint density at radius 3 is 2.48 bits per heavy atom. The minimum Gasteiger partial charge on any atom is -0.493 e. The summed E-state index contributed by atoms with van der Waals surface area (Å²) in [7, 11) is 1.72. The van der Waals surface area contributed by atoms with Crippen LogP contribution >= 0.6 is 0 Å². The molecule has 0 amide bonds. The monoisotopic (exact) mass is 415 g/mol. The second-order valence-corrected chi connectivity index (χ2v) is 8.74. The van der Waals surface area contributed by atoms with E-state index in [0.717, 1.165) is 28.1 Å². The molecule has 5 rings (SSSR count). The van der Waals surface area contributed by atoms with E-state index in [0.29, 0.717) is 6.61 Å². The van der Waals surface area contributed by atoms with Gasteiger partial charge in [-0.05, 0) is 47.0 Å². The molecule has 0 radical (unpaired) electrons. The summed E-state index contributed by atoms with van der Waals surface area (Å²) in [6.07, 6.45) is 0. The van der Waals surface area contributed by atoms with E-state index < -0.39 is 5.97 Å². The number of fused-ring (bicyclic) bond motifs is 4. The van der Waals surface area contributed by atoms with Crippen LogP contribution in [0.1, 0.15) is 41.4 Å². The zero-order valence-corrected chi connectivity index (χ0v) is 17.8. The van der Waals surface area contributed by atoms with E-state index in [4.69, 9.17) is 9.57 Å². The number of para-hydroxylation sites is 1. The Morgan fingerprint density at radius 2 is 1.77 bits per heavy atom. The molecule has 0 aromatic heterocycles. The Bertz CT molecular complexity index is 1150. The van der Waals surface area contributed by atoms with E-state index in [9.17, 15) is 9.90 Å². The van der Waals surface area contributed by atoms with Crippen LogP contribution in [0.3, 0.4) is 0 Å². The lowest BCUT2D eigenvalue weighted by Crippen LogP contribution is -2.51. The number of anilines is 1. The molecule has 2 aliphatic rings. The summed E-state index contributed by atoms with van der Waals surface area (Å²) >= 11 is 0. The Morgan fingerprint density at radius 1 is 1.06 bits per heavy atom. The van der Waals surface area contributed by atoms with Crippen LogP contribution < -0.4 is 9.80 Å². The molecule has 5 nitrogen and oxygen atoms in total. The number of hydrogen-bond acceptors (Lipinski definition) is 4. The molecule has 158 valence electrons. The second-order valence-electron chi connectivity index (χ2n) is 8.74. The van der Waals surface area contributed by atoms with Crippen molar-refractivity contribution < 1.29 is 19.5 Å². The average molecular weight is 415 g/mol. The average Bonchev–Trinajstić information content (AvgIpc) is 2.79. The highest BCUT2D eigenvalue weighted by atomic mass is 16.7. The van der Waals surface area contributed by atoms with Gasteiger partial charge in [0.15, 0.2) is 0 Å². The fraction of sp³-hybridized carbons (Fsp3) is 0.269. The molecule has 0 unspecified atom stereocenters. The molecule has 31 heavy (non-hydrogen) atoms. The van der Waals surface area contributed by atoms with Crippen molar-refractivity contribution in [2.24, 2.45) is 5.92 Å². The minimum atomic E-state index is -0.919. The number of ether oxygens (including phenoxy) is 1. The van der Waals surface area contributed by atoms with E-state index in [1.54, 1.807) is 19.2 Å². The van der Waals surface area contributed by atoms with E-state index in [1.807, 2.05) is 35.4 Å². The predicted octanol–water partition coefficient (Wildman–Crippen LogP) is 5.46. The highest BCUT2D eigenvalue weighted by Crippen LogP contribution is 2.55. The number of carboxylic acid groups (broad SMARTS) is 1. The Balaban J connectivity index is 1.63. The van der Waals surface area contributed by atoms with Gasteiger partial charge in [-0.3, -0.25) is 4.84 Å². The standard InChI is InChI=1S/C26H25NO4/c1-26(2)20-14-18(16-8-10-17(11-9-16)25(28)29)12-13-22(20)27(30-3)24-19-6-4-5-7-23(19)31-15-21(24)26/h4-14,21,24H,15H2,1-3H3,(H,28,29)/t21-,24+/m0/s1. The summed E-state index contributed by atoms with van der Waals surface area (Å²) in [4.78, 5) is 17.1. The van der Waals surface area contributed by atoms with Crippen LogP contribution in [0.25, 0.3) is 11.1 Å². The first-order valence-corrected chi connectivity index (χ1v) is 10.4. The summed E-state index contributed by atoms with van der Waals surface area (Å²) < 4.78 is 6.15. The maximum atomic E-state index is 11.2. The molecule has 3 aromatic rings. The van der Waals surface area contributed by atoms with Gasteiger partial charge in [0, 0.05) is 16.9 Å². The third kappa shape index (κ3) is 3.00. The molecular formula is C26H25NO4. The van der Waals surface area contributed by atoms with E-state index in [2.05, 4.69) is 38.1 Å². The van der Waals surface area contributed by atoms with Crippen LogP contribution in [0.2, 0.25) is 0 Å². The number of aromatic carboxylic acids is 1. The van der Waals surface area contributed by atoms with Gasteiger partial charge in [-0.1, -0.05) is 50.2 Å². The van der Waals surface area contributed by atoms with Crippen molar-refractivity contribution in [2.45, 2.75) is 25.3 Å². The fourth-order valence-electron chi connectivity index (χ4n) is 5.03. The van der Waals surface area contributed by atoms with Crippen molar-refractivity contribution in [1.29, 1.82) is 0 Å². The van der Waals surface area contributed by atoms with Crippen LogP contribution in [0.5, 0.6) is 5.75 Å². The Kier molecular flexibility index (Phi) is 4.52. The smallest absolute Gasteiger partial charge is 0.335 e. The number of carboxylic acids is 1. The number of nitrogens with zero attached hydrogens (tertiary/aromatic N) is 1. The topological polar surface area (TPSA) is 59.0 Å². The predicted molar refractivity (Wildman–Crippen MR) is 120 cm³/mol. The van der Waals surface area contributed by atoms with Crippen LogP contribution in [0, 0.1) is 5.92 Å². The molecule has 2 heterocycles. The summed E-state index contributed by atoms with van der Waals surface area (Å²) in [6, 6.07) is 21.6. The van der Waals surface area contributed by atoms with Gasteiger partial charge in [-0.25, -0.2) is 9.86 Å². The van der Waals surface area contributed by atoms with Gasteiger partial charge in [0.25, 0.3) is 0 Å². The maximum absolute atomic E-state index is 11.2. The molecule has 0 saturated carbocycles. The number of hydroxylamine groups is 1. The molecule has 0 spiro atoms. The number of carbonyl (C=O) groups is 1. The quantitative estimate of drug-likeness (QED) is 0.615. The van der Waals surface area contributed by atoms with Crippen molar-refractivity contribution in [2.75, 3.05) is 18.8 Å². The molecule has 3 aromatic carbocycles. The van der Waals surface area contributed by atoms with Crippen molar-refractivity contribution >= 4 is 11.7 Å². The molecule has 1 N–H and O–H groups in total. The van der Waals surface area contributed by atoms with E-state index in [1.165, 1.54) is 5.56 Å². The summed E-state index contributed by atoms with van der Waals surface area (Å²) in [5.74, 6) is 0.206.